The van der Waals surface area contributed by atoms with Gasteiger partial charge in [0.1, 0.15) is 5.60 Å². The third kappa shape index (κ3) is 10.2. The number of sulfonamides is 1. The van der Waals surface area contributed by atoms with Crippen LogP contribution in [0.3, 0.4) is 0 Å². The van der Waals surface area contributed by atoms with Crippen LogP contribution in [0.4, 0.5) is 4.79 Å². The fourth-order valence-electron chi connectivity index (χ4n) is 2.75. The van der Waals surface area contributed by atoms with Crippen LogP contribution >= 0.6 is 15.9 Å². The first-order valence-corrected chi connectivity index (χ1v) is 11.5. The number of rotatable bonds is 8. The lowest BCUT2D eigenvalue weighted by Gasteiger charge is -2.32. The minimum absolute atomic E-state index is 0.117. The van der Waals surface area contributed by atoms with Crippen molar-refractivity contribution < 1.29 is 17.9 Å². The van der Waals surface area contributed by atoms with Gasteiger partial charge in [0.25, 0.3) is 0 Å². The molecule has 1 unspecified atom stereocenters. The Balaban J connectivity index is 2.87. The molecule has 1 aromatic rings. The molecule has 1 atom stereocenters. The van der Waals surface area contributed by atoms with Crippen LogP contribution in [-0.4, -0.2) is 32.2 Å². The van der Waals surface area contributed by atoms with Gasteiger partial charge in [-0.15, -0.1) is 0 Å². The number of amides is 1. The number of carbonyl (C=O) groups excluding carboxylic acids is 1. The summed E-state index contributed by atoms with van der Waals surface area (Å²) in [7, 11) is -3.71. The summed E-state index contributed by atoms with van der Waals surface area (Å²) in [6.07, 6.45) is 1.51. The van der Waals surface area contributed by atoms with Crippen LogP contribution < -0.4 is 10.0 Å². The molecule has 1 aromatic carbocycles. The van der Waals surface area contributed by atoms with E-state index in [-0.39, 0.29) is 12.5 Å². The molecule has 0 radical (unpaired) electrons. The summed E-state index contributed by atoms with van der Waals surface area (Å²) in [5.41, 5.74) is -0.703. The van der Waals surface area contributed by atoms with Gasteiger partial charge < -0.3 is 10.1 Å². The maximum Gasteiger partial charge on any atom is 0.407 e. The fraction of sp³-hybridized carbons (Fsp3) is 0.550. The first-order valence-electron chi connectivity index (χ1n) is 9.14. The molecule has 0 saturated carbocycles. The Hall–Kier alpha value is -1.38. The lowest BCUT2D eigenvalue weighted by atomic mass is 9.92. The van der Waals surface area contributed by atoms with Gasteiger partial charge in [0.15, 0.2) is 0 Å². The summed E-state index contributed by atoms with van der Waals surface area (Å²) < 4.78 is 34.0. The molecule has 0 aromatic heterocycles. The van der Waals surface area contributed by atoms with Crippen molar-refractivity contribution in [3.63, 3.8) is 0 Å². The fourth-order valence-corrected chi connectivity index (χ4v) is 4.26. The van der Waals surface area contributed by atoms with E-state index < -0.39 is 27.3 Å². The van der Waals surface area contributed by atoms with Crippen molar-refractivity contribution in [2.75, 3.05) is 6.54 Å². The maximum atomic E-state index is 12.6. The van der Waals surface area contributed by atoms with Crippen LogP contribution in [0.25, 0.3) is 6.08 Å². The largest absolute Gasteiger partial charge is 0.444 e. The quantitative estimate of drug-likeness (QED) is 0.573. The highest BCUT2D eigenvalue weighted by Gasteiger charge is 2.31. The van der Waals surface area contributed by atoms with E-state index in [9.17, 15) is 13.2 Å². The zero-order valence-electron chi connectivity index (χ0n) is 17.4. The molecule has 1 rings (SSSR count). The second-order valence-electron chi connectivity index (χ2n) is 8.52. The van der Waals surface area contributed by atoms with Gasteiger partial charge in [0.05, 0.1) is 0 Å². The molecule has 0 saturated heterocycles. The Morgan fingerprint density at radius 2 is 1.75 bits per heavy atom. The van der Waals surface area contributed by atoms with Gasteiger partial charge in [-0.05, 0) is 63.8 Å². The lowest BCUT2D eigenvalue weighted by Crippen LogP contribution is -2.54. The summed E-state index contributed by atoms with van der Waals surface area (Å²) in [4.78, 5) is 12.0. The van der Waals surface area contributed by atoms with E-state index in [1.807, 2.05) is 38.1 Å². The van der Waals surface area contributed by atoms with E-state index in [0.29, 0.717) is 6.42 Å². The van der Waals surface area contributed by atoms with Crippen LogP contribution in [0.2, 0.25) is 0 Å². The Labute approximate surface area is 177 Å². The number of nitrogens with one attached hydrogen (secondary N) is 2. The van der Waals surface area contributed by atoms with E-state index >= 15 is 0 Å². The molecule has 158 valence electrons. The van der Waals surface area contributed by atoms with Crippen LogP contribution in [0.15, 0.2) is 34.1 Å². The Morgan fingerprint density at radius 1 is 1.18 bits per heavy atom. The van der Waals surface area contributed by atoms with E-state index in [4.69, 9.17) is 4.74 Å². The number of alkyl carbamates (subject to hydrolysis) is 1. The number of hydrogen-bond acceptors (Lipinski definition) is 4. The summed E-state index contributed by atoms with van der Waals surface area (Å²) in [6.45, 7) is 11.2. The SMILES string of the molecule is CC(C)CC(C)(CNC(=O)OC(C)(C)C)NS(=O)(=O)/C=C/c1ccc(Br)cc1. The summed E-state index contributed by atoms with van der Waals surface area (Å²) in [5.74, 6) is 0.226. The molecule has 2 N–H and O–H groups in total. The first kappa shape index (κ1) is 24.7. The van der Waals surface area contributed by atoms with Crippen molar-refractivity contribution in [1.82, 2.24) is 10.0 Å². The lowest BCUT2D eigenvalue weighted by molar-refractivity contribution is 0.0511. The van der Waals surface area contributed by atoms with Gasteiger partial charge in [0, 0.05) is 22.0 Å². The predicted octanol–water partition coefficient (Wildman–Crippen LogP) is 4.67. The highest BCUT2D eigenvalue weighted by Crippen LogP contribution is 2.19. The topological polar surface area (TPSA) is 84.5 Å². The molecule has 0 spiro atoms. The second kappa shape index (κ2) is 9.89. The third-order valence-electron chi connectivity index (χ3n) is 3.58. The van der Waals surface area contributed by atoms with Crippen molar-refractivity contribution >= 4 is 38.1 Å². The Bertz CT molecular complexity index is 783. The van der Waals surface area contributed by atoms with Gasteiger partial charge in [-0.25, -0.2) is 17.9 Å². The minimum Gasteiger partial charge on any atom is -0.444 e. The van der Waals surface area contributed by atoms with Gasteiger partial charge >= 0.3 is 6.09 Å². The third-order valence-corrected chi connectivity index (χ3v) is 5.38. The Kier molecular flexibility index (Phi) is 8.71. The number of hydrogen-bond donors (Lipinski definition) is 2. The van der Waals surface area contributed by atoms with Crippen LogP contribution in [0.5, 0.6) is 0 Å². The van der Waals surface area contributed by atoms with E-state index in [2.05, 4.69) is 26.0 Å². The highest BCUT2D eigenvalue weighted by atomic mass is 79.9. The number of halogens is 1. The smallest absolute Gasteiger partial charge is 0.407 e. The van der Waals surface area contributed by atoms with Crippen LogP contribution in [0, 0.1) is 5.92 Å². The molecule has 0 fully saturated rings. The molecule has 0 aliphatic carbocycles. The van der Waals surface area contributed by atoms with Crippen LogP contribution in [0.1, 0.15) is 53.5 Å². The summed E-state index contributed by atoms with van der Waals surface area (Å²) in [5, 5.41) is 3.81. The van der Waals surface area contributed by atoms with Crippen molar-refractivity contribution in [3.8, 4) is 0 Å². The van der Waals surface area contributed by atoms with Crippen molar-refractivity contribution in [2.45, 2.75) is 59.1 Å². The summed E-state index contributed by atoms with van der Waals surface area (Å²) in [6, 6.07) is 7.31. The Morgan fingerprint density at radius 3 is 2.25 bits per heavy atom. The zero-order valence-corrected chi connectivity index (χ0v) is 19.8. The average Bonchev–Trinajstić information content (AvgIpc) is 2.50. The van der Waals surface area contributed by atoms with E-state index in [1.54, 1.807) is 27.7 Å². The molecule has 0 heterocycles. The molecule has 8 heteroatoms. The molecule has 0 bridgehead atoms. The van der Waals surface area contributed by atoms with Crippen LogP contribution in [-0.2, 0) is 14.8 Å². The molecular formula is C20H31BrN2O4S. The van der Waals surface area contributed by atoms with Crippen molar-refractivity contribution in [1.29, 1.82) is 0 Å². The standard InChI is InChI=1S/C20H31BrN2O4S/c1-15(2)13-20(6,14-22-18(24)27-19(3,4)5)23-28(25,26)12-11-16-7-9-17(21)10-8-16/h7-12,15,23H,13-14H2,1-6H3,(H,22,24)/b12-11+. The summed E-state index contributed by atoms with van der Waals surface area (Å²) >= 11 is 3.35. The average molecular weight is 475 g/mol. The normalized spacial score (nSPS) is 14.9. The number of benzene rings is 1. The van der Waals surface area contributed by atoms with Gasteiger partial charge in [-0.2, -0.15) is 0 Å². The van der Waals surface area contributed by atoms with Gasteiger partial charge in [-0.1, -0.05) is 41.9 Å². The van der Waals surface area contributed by atoms with Crippen molar-refractivity contribution in [3.05, 3.63) is 39.7 Å². The van der Waals surface area contributed by atoms with Crippen molar-refractivity contribution in [2.24, 2.45) is 5.92 Å². The monoisotopic (exact) mass is 474 g/mol. The molecular weight excluding hydrogens is 444 g/mol. The molecule has 0 aliphatic heterocycles. The van der Waals surface area contributed by atoms with E-state index in [1.165, 1.54) is 6.08 Å². The highest BCUT2D eigenvalue weighted by molar-refractivity contribution is 9.10. The molecule has 0 aliphatic rings. The van der Waals surface area contributed by atoms with E-state index in [0.717, 1.165) is 15.4 Å². The van der Waals surface area contributed by atoms with Gasteiger partial charge in [0.2, 0.25) is 10.0 Å². The maximum absolute atomic E-state index is 12.6. The first-order chi connectivity index (χ1) is 12.7. The minimum atomic E-state index is -3.71. The number of carbonyl (C=O) groups is 1. The molecule has 28 heavy (non-hydrogen) atoms. The zero-order chi connectivity index (χ0) is 21.6. The van der Waals surface area contributed by atoms with Gasteiger partial charge in [-0.3, -0.25) is 0 Å². The second-order valence-corrected chi connectivity index (χ2v) is 11.0. The number of ether oxygens (including phenoxy) is 1. The molecule has 6 nitrogen and oxygen atoms in total. The predicted molar refractivity (Wildman–Crippen MR) is 117 cm³/mol. The molecule has 1 amide bonds.